The van der Waals surface area contributed by atoms with Crippen molar-refractivity contribution in [1.82, 2.24) is 19.6 Å². The summed E-state index contributed by atoms with van der Waals surface area (Å²) in [7, 11) is 4.94. The summed E-state index contributed by atoms with van der Waals surface area (Å²) in [5, 5.41) is 8.65. The summed E-state index contributed by atoms with van der Waals surface area (Å²) in [6, 6.07) is 7.77. The largest absolute Gasteiger partial charge is 0.495 e. The third-order valence-corrected chi connectivity index (χ3v) is 8.41. The number of imidazole rings is 1. The van der Waals surface area contributed by atoms with Crippen LogP contribution in [0.4, 0.5) is 28.9 Å². The van der Waals surface area contributed by atoms with Gasteiger partial charge in [0.2, 0.25) is 0 Å². The predicted octanol–water partition coefficient (Wildman–Crippen LogP) is 4.76. The number of hydrogen-bond acceptors (Lipinski definition) is 7. The smallest absolute Gasteiger partial charge is 0.447 e. The average Bonchev–Trinajstić information content (AvgIpc) is 3.42. The van der Waals surface area contributed by atoms with Crippen LogP contribution in [0.25, 0.3) is 5.65 Å². The van der Waals surface area contributed by atoms with E-state index < -0.39 is 17.7 Å². The molecule has 2 aliphatic rings. The van der Waals surface area contributed by atoms with Gasteiger partial charge in [0.1, 0.15) is 22.6 Å². The molecule has 3 N–H and O–H groups in total. The number of benzene rings is 1. The second-order valence-electron chi connectivity index (χ2n) is 9.97. The number of piperidine rings is 1. The van der Waals surface area contributed by atoms with Gasteiger partial charge < -0.3 is 20.7 Å². The van der Waals surface area contributed by atoms with Gasteiger partial charge in [-0.15, -0.1) is 0 Å². The van der Waals surface area contributed by atoms with Gasteiger partial charge in [-0.25, -0.2) is 9.37 Å². The Hall–Kier alpha value is -3.63. The molecule has 8 nitrogen and oxygen atoms in total. The molecule has 4 atom stereocenters. The second-order valence-corrected chi connectivity index (χ2v) is 11.0. The fourth-order valence-electron chi connectivity index (χ4n) is 5.58. The van der Waals surface area contributed by atoms with Crippen molar-refractivity contribution >= 4 is 34.7 Å². The highest BCUT2D eigenvalue weighted by Gasteiger charge is 2.46. The van der Waals surface area contributed by atoms with Crippen molar-refractivity contribution in [3.63, 3.8) is 0 Å². The maximum absolute atomic E-state index is 15.3. The number of rotatable bonds is 7. The Labute approximate surface area is 239 Å². The maximum Gasteiger partial charge on any atom is 0.447 e. The fraction of sp³-hybridized carbons (Fsp3) is 0.429. The summed E-state index contributed by atoms with van der Waals surface area (Å²) in [6.45, 7) is 0.0462. The molecule has 1 amide bonds. The van der Waals surface area contributed by atoms with Crippen LogP contribution in [-0.2, 0) is 0 Å². The Balaban J connectivity index is 1.42. The molecule has 2 aliphatic heterocycles. The standard InChI is InChI=1S/C28H30F4N6O2S/c1-33-26(39)16-8-11-23(40-3)20(14-16)34-12-4-6-19-27(41-28(30,31)32)38-13-5-7-18(25(38)36-19)35-21-15-17-9-10-22(24(21)29)37(17)2/h5,7-8,11,13-14,17,21-22,24,34-35H,9-10,12,15H2,1-3H3,(H,33,39)/t17-,21-,22+,24-/m0/s1. The van der Waals surface area contributed by atoms with Crippen LogP contribution < -0.4 is 20.7 Å². The van der Waals surface area contributed by atoms with E-state index in [4.69, 9.17) is 4.74 Å². The minimum Gasteiger partial charge on any atom is -0.495 e. The van der Waals surface area contributed by atoms with Gasteiger partial charge in [0.05, 0.1) is 31.1 Å². The molecule has 2 aromatic heterocycles. The maximum atomic E-state index is 15.3. The summed E-state index contributed by atoms with van der Waals surface area (Å²) in [6.07, 6.45) is 2.70. The number of thioether (sulfide) groups is 1. The zero-order valence-corrected chi connectivity index (χ0v) is 23.5. The lowest BCUT2D eigenvalue weighted by Crippen LogP contribution is -2.53. The number of carbonyl (C=O) groups is 1. The van der Waals surface area contributed by atoms with Crippen molar-refractivity contribution in [3.05, 3.63) is 47.8 Å². The average molecular weight is 591 g/mol. The van der Waals surface area contributed by atoms with Crippen molar-refractivity contribution in [2.45, 2.75) is 54.1 Å². The highest BCUT2D eigenvalue weighted by atomic mass is 32.2. The summed E-state index contributed by atoms with van der Waals surface area (Å²) < 4.78 is 62.6. The molecule has 2 saturated heterocycles. The number of carbonyl (C=O) groups excluding carboxylic acids is 1. The quantitative estimate of drug-likeness (QED) is 0.208. The Morgan fingerprint density at radius 2 is 2.05 bits per heavy atom. The summed E-state index contributed by atoms with van der Waals surface area (Å²) in [4.78, 5) is 18.5. The molecule has 3 aromatic rings. The number of nitrogens with zero attached hydrogens (tertiary/aromatic N) is 3. The SMILES string of the molecule is CNC(=O)c1ccc(OC)c(NCC#Cc2nc3c(N[C@H]4C[C@@H]5CC[C@H]([C@H]4F)N5C)cccn3c2SC(F)(F)F)c1. The van der Waals surface area contributed by atoms with Crippen LogP contribution in [-0.4, -0.2) is 77.7 Å². The van der Waals surface area contributed by atoms with E-state index in [1.165, 1.54) is 24.8 Å². The monoisotopic (exact) mass is 590 g/mol. The van der Waals surface area contributed by atoms with E-state index >= 15 is 4.39 Å². The number of halogens is 4. The van der Waals surface area contributed by atoms with E-state index in [9.17, 15) is 18.0 Å². The van der Waals surface area contributed by atoms with Gasteiger partial charge in [-0.3, -0.25) is 14.1 Å². The van der Waals surface area contributed by atoms with Crippen molar-refractivity contribution in [1.29, 1.82) is 0 Å². The predicted molar refractivity (Wildman–Crippen MR) is 150 cm³/mol. The number of alkyl halides is 4. The van der Waals surface area contributed by atoms with Gasteiger partial charge in [-0.05, 0) is 62.6 Å². The van der Waals surface area contributed by atoms with E-state index in [2.05, 4.69) is 37.7 Å². The van der Waals surface area contributed by atoms with Crippen LogP contribution in [0.1, 0.15) is 35.3 Å². The number of pyridine rings is 1. The summed E-state index contributed by atoms with van der Waals surface area (Å²) in [5.74, 6) is 5.78. The van der Waals surface area contributed by atoms with Crippen molar-refractivity contribution in [2.24, 2.45) is 0 Å². The van der Waals surface area contributed by atoms with Crippen LogP contribution in [0.5, 0.6) is 5.75 Å². The van der Waals surface area contributed by atoms with E-state index in [0.29, 0.717) is 29.1 Å². The first kappa shape index (κ1) is 28.9. The number of nitrogens with one attached hydrogen (secondary N) is 3. The van der Waals surface area contributed by atoms with Crippen LogP contribution in [0.3, 0.4) is 0 Å². The zero-order chi connectivity index (χ0) is 29.3. The first-order valence-electron chi connectivity index (χ1n) is 13.1. The number of ether oxygens (including phenoxy) is 1. The molecule has 13 heteroatoms. The lowest BCUT2D eigenvalue weighted by atomic mass is 9.96. The van der Waals surface area contributed by atoms with Crippen molar-refractivity contribution < 1.29 is 27.1 Å². The van der Waals surface area contributed by atoms with Gasteiger partial charge >= 0.3 is 5.51 Å². The molecule has 218 valence electrons. The molecule has 5 rings (SSSR count). The van der Waals surface area contributed by atoms with Crippen molar-refractivity contribution in [2.75, 3.05) is 38.4 Å². The summed E-state index contributed by atoms with van der Waals surface area (Å²) >= 11 is -0.297. The molecule has 0 radical (unpaired) electrons. The number of hydrogen-bond donors (Lipinski definition) is 3. The highest BCUT2D eigenvalue weighted by Crippen LogP contribution is 2.41. The minimum absolute atomic E-state index is 0.0462. The van der Waals surface area contributed by atoms with Crippen LogP contribution in [0.2, 0.25) is 0 Å². The zero-order valence-electron chi connectivity index (χ0n) is 22.7. The fourth-order valence-corrected chi connectivity index (χ4v) is 6.24. The van der Waals surface area contributed by atoms with Crippen LogP contribution in [0.15, 0.2) is 41.6 Å². The van der Waals surface area contributed by atoms with Gasteiger partial charge in [-0.2, -0.15) is 13.2 Å². The first-order valence-corrected chi connectivity index (χ1v) is 13.9. The van der Waals surface area contributed by atoms with E-state index in [0.717, 1.165) is 12.8 Å². The van der Waals surface area contributed by atoms with E-state index in [1.807, 2.05) is 7.05 Å². The third kappa shape index (κ3) is 6.04. The Morgan fingerprint density at radius 1 is 1.24 bits per heavy atom. The van der Waals surface area contributed by atoms with Gasteiger partial charge in [0.25, 0.3) is 5.91 Å². The number of anilines is 2. The number of amides is 1. The molecular weight excluding hydrogens is 560 g/mol. The molecular formula is C28H30F4N6O2S. The van der Waals surface area contributed by atoms with E-state index in [1.54, 1.807) is 30.3 Å². The lowest BCUT2D eigenvalue weighted by Gasteiger charge is -2.39. The molecule has 0 aliphatic carbocycles. The molecule has 0 saturated carbocycles. The van der Waals surface area contributed by atoms with Gasteiger partial charge in [-0.1, -0.05) is 5.92 Å². The van der Waals surface area contributed by atoms with Gasteiger partial charge in [0, 0.05) is 42.7 Å². The number of fused-ring (bicyclic) bond motifs is 3. The minimum atomic E-state index is -4.57. The Morgan fingerprint density at radius 3 is 2.78 bits per heavy atom. The number of methoxy groups -OCH3 is 1. The molecule has 0 unspecified atom stereocenters. The lowest BCUT2D eigenvalue weighted by molar-refractivity contribution is -0.0330. The molecule has 4 heterocycles. The van der Waals surface area contributed by atoms with Crippen LogP contribution >= 0.6 is 11.8 Å². The normalized spacial score (nSPS) is 22.2. The number of aromatic nitrogens is 2. The Kier molecular flexibility index (Phi) is 8.24. The first-order chi connectivity index (χ1) is 19.6. The Bertz CT molecular complexity index is 1500. The summed E-state index contributed by atoms with van der Waals surface area (Å²) in [5.41, 5.74) is -3.01. The topological polar surface area (TPSA) is 82.9 Å². The highest BCUT2D eigenvalue weighted by molar-refractivity contribution is 8.00. The van der Waals surface area contributed by atoms with E-state index in [-0.39, 0.29) is 52.7 Å². The molecule has 1 aromatic carbocycles. The van der Waals surface area contributed by atoms with Crippen LogP contribution in [0, 0.1) is 11.8 Å². The molecule has 0 spiro atoms. The van der Waals surface area contributed by atoms with Gasteiger partial charge in [0.15, 0.2) is 5.65 Å². The molecule has 2 fully saturated rings. The van der Waals surface area contributed by atoms with Crippen molar-refractivity contribution in [3.8, 4) is 17.6 Å². The molecule has 2 bridgehead atoms. The molecule has 41 heavy (non-hydrogen) atoms. The third-order valence-electron chi connectivity index (χ3n) is 7.59. The second kappa shape index (κ2) is 11.7.